The minimum absolute atomic E-state index is 0.0624. The first kappa shape index (κ1) is 17.9. The van der Waals surface area contributed by atoms with Crippen LogP contribution in [0.2, 0.25) is 5.02 Å². The number of likely N-dealkylation sites (tertiary alicyclic amines) is 1. The first-order chi connectivity index (χ1) is 11.7. The predicted molar refractivity (Wildman–Crippen MR) is 98.3 cm³/mol. The van der Waals surface area contributed by atoms with E-state index in [4.69, 9.17) is 16.3 Å². The Kier molecular flexibility index (Phi) is 4.88. The van der Waals surface area contributed by atoms with Crippen molar-refractivity contribution in [1.82, 2.24) is 15.2 Å². The molecule has 0 radical (unpaired) electrons. The van der Waals surface area contributed by atoms with Crippen LogP contribution < -0.4 is 5.32 Å². The second-order valence-electron chi connectivity index (χ2n) is 7.00. The molecule has 0 bridgehead atoms. The molecule has 1 N–H and O–H groups in total. The fourth-order valence-corrected chi connectivity index (χ4v) is 3.96. The third-order valence-corrected chi connectivity index (χ3v) is 5.34. The van der Waals surface area contributed by atoms with E-state index in [9.17, 15) is 9.59 Å². The van der Waals surface area contributed by atoms with Gasteiger partial charge in [-0.3, -0.25) is 9.78 Å². The molecular formula is C17H20ClN3O3S. The SMILES string of the molecule is CC(C)(C)OC(=O)N[C@@H]1CCN(C(=O)c2cc3nccc(Cl)c3s2)C1. The number of carbonyl (C=O) groups is 2. The van der Waals surface area contributed by atoms with Crippen LogP contribution in [0.3, 0.4) is 0 Å². The predicted octanol–water partition coefficient (Wildman–Crippen LogP) is 3.69. The van der Waals surface area contributed by atoms with E-state index in [0.29, 0.717) is 29.4 Å². The van der Waals surface area contributed by atoms with Gasteiger partial charge in [-0.15, -0.1) is 11.3 Å². The summed E-state index contributed by atoms with van der Waals surface area (Å²) in [5.41, 5.74) is 0.185. The van der Waals surface area contributed by atoms with Crippen LogP contribution in [-0.4, -0.2) is 46.6 Å². The average molecular weight is 382 g/mol. The number of ether oxygens (including phenoxy) is 1. The summed E-state index contributed by atoms with van der Waals surface area (Å²) in [4.78, 5) is 31.2. The van der Waals surface area contributed by atoms with E-state index in [1.807, 2.05) is 20.8 Å². The Morgan fingerprint density at radius 2 is 2.20 bits per heavy atom. The fraction of sp³-hybridized carbons (Fsp3) is 0.471. The number of thiophene rings is 1. The van der Waals surface area contributed by atoms with Crippen molar-refractivity contribution in [2.75, 3.05) is 13.1 Å². The first-order valence-corrected chi connectivity index (χ1v) is 9.25. The smallest absolute Gasteiger partial charge is 0.407 e. The molecule has 3 rings (SSSR count). The highest BCUT2D eigenvalue weighted by molar-refractivity contribution is 7.21. The zero-order valence-electron chi connectivity index (χ0n) is 14.3. The monoisotopic (exact) mass is 381 g/mol. The summed E-state index contributed by atoms with van der Waals surface area (Å²) in [7, 11) is 0. The highest BCUT2D eigenvalue weighted by Crippen LogP contribution is 2.31. The zero-order valence-corrected chi connectivity index (χ0v) is 15.9. The molecule has 2 aromatic heterocycles. The van der Waals surface area contributed by atoms with E-state index in [1.165, 1.54) is 11.3 Å². The minimum Gasteiger partial charge on any atom is -0.444 e. The van der Waals surface area contributed by atoms with Crippen molar-refractivity contribution in [3.05, 3.63) is 28.2 Å². The molecule has 1 fully saturated rings. The largest absolute Gasteiger partial charge is 0.444 e. The number of fused-ring (bicyclic) bond motifs is 1. The van der Waals surface area contributed by atoms with E-state index in [0.717, 1.165) is 10.2 Å². The molecule has 1 saturated heterocycles. The average Bonchev–Trinajstić information content (AvgIpc) is 3.12. The molecule has 6 nitrogen and oxygen atoms in total. The Hall–Kier alpha value is -1.86. The lowest BCUT2D eigenvalue weighted by atomic mass is 10.2. The molecule has 0 spiro atoms. The van der Waals surface area contributed by atoms with Gasteiger partial charge in [0, 0.05) is 19.3 Å². The molecule has 0 unspecified atom stereocenters. The van der Waals surface area contributed by atoms with Gasteiger partial charge in [0.1, 0.15) is 5.60 Å². The maximum absolute atomic E-state index is 12.7. The van der Waals surface area contributed by atoms with Crippen LogP contribution in [0.15, 0.2) is 18.3 Å². The van der Waals surface area contributed by atoms with Crippen molar-refractivity contribution in [2.24, 2.45) is 0 Å². The van der Waals surface area contributed by atoms with Gasteiger partial charge in [0.15, 0.2) is 0 Å². The van der Waals surface area contributed by atoms with Gasteiger partial charge >= 0.3 is 6.09 Å². The Morgan fingerprint density at radius 1 is 1.44 bits per heavy atom. The van der Waals surface area contributed by atoms with Gasteiger partial charge in [0.25, 0.3) is 5.91 Å². The zero-order chi connectivity index (χ0) is 18.2. The van der Waals surface area contributed by atoms with Gasteiger partial charge in [-0.1, -0.05) is 11.6 Å². The molecule has 8 heteroatoms. The normalized spacial score (nSPS) is 17.8. The number of nitrogens with one attached hydrogen (secondary N) is 1. The topological polar surface area (TPSA) is 71.5 Å². The summed E-state index contributed by atoms with van der Waals surface area (Å²) in [5.74, 6) is -0.0624. The first-order valence-electron chi connectivity index (χ1n) is 8.06. The Labute approximate surface area is 155 Å². The van der Waals surface area contributed by atoms with E-state index in [-0.39, 0.29) is 11.9 Å². The number of rotatable bonds is 2. The van der Waals surface area contributed by atoms with Gasteiger partial charge in [0.2, 0.25) is 0 Å². The van der Waals surface area contributed by atoms with Crippen LogP contribution in [0.5, 0.6) is 0 Å². The fourth-order valence-electron chi connectivity index (χ4n) is 2.71. The molecule has 2 aromatic rings. The van der Waals surface area contributed by atoms with Crippen molar-refractivity contribution < 1.29 is 14.3 Å². The highest BCUT2D eigenvalue weighted by atomic mass is 35.5. The standard InChI is InChI=1S/C17H20ClN3O3S/c1-17(2,3)24-16(23)20-10-5-7-21(9-10)15(22)13-8-12-14(25-13)11(18)4-6-19-12/h4,6,8,10H,5,7,9H2,1-3H3,(H,20,23)/t10-/m1/s1. The van der Waals surface area contributed by atoms with Gasteiger partial charge in [-0.25, -0.2) is 4.79 Å². The number of hydrogen-bond donors (Lipinski definition) is 1. The quantitative estimate of drug-likeness (QED) is 0.861. The maximum atomic E-state index is 12.7. The number of aromatic nitrogens is 1. The Morgan fingerprint density at radius 3 is 2.88 bits per heavy atom. The summed E-state index contributed by atoms with van der Waals surface area (Å²) < 4.78 is 6.07. The van der Waals surface area contributed by atoms with E-state index in [1.54, 1.807) is 23.2 Å². The maximum Gasteiger partial charge on any atom is 0.407 e. The number of hydrogen-bond acceptors (Lipinski definition) is 5. The van der Waals surface area contributed by atoms with Crippen LogP contribution in [0.25, 0.3) is 10.2 Å². The minimum atomic E-state index is -0.540. The van der Waals surface area contributed by atoms with Crippen molar-refractivity contribution >= 4 is 45.2 Å². The molecular weight excluding hydrogens is 362 g/mol. The van der Waals surface area contributed by atoms with Crippen LogP contribution in [0.4, 0.5) is 4.79 Å². The number of amides is 2. The Bertz CT molecular complexity index is 815. The number of halogens is 1. The molecule has 2 amide bonds. The van der Waals surface area contributed by atoms with E-state index in [2.05, 4.69) is 10.3 Å². The molecule has 0 aromatic carbocycles. The molecule has 0 saturated carbocycles. The summed E-state index contributed by atoms with van der Waals surface area (Å²) >= 11 is 7.50. The van der Waals surface area contributed by atoms with Crippen molar-refractivity contribution in [1.29, 1.82) is 0 Å². The summed E-state index contributed by atoms with van der Waals surface area (Å²) in [6.45, 7) is 6.51. The summed E-state index contributed by atoms with van der Waals surface area (Å²) in [6.07, 6.45) is 1.88. The van der Waals surface area contributed by atoms with Crippen molar-refractivity contribution in [3.63, 3.8) is 0 Å². The summed E-state index contributed by atoms with van der Waals surface area (Å²) in [5, 5.41) is 3.42. The lowest BCUT2D eigenvalue weighted by Gasteiger charge is -2.22. The lowest BCUT2D eigenvalue weighted by molar-refractivity contribution is 0.0502. The molecule has 0 aliphatic carbocycles. The molecule has 3 heterocycles. The number of carbonyl (C=O) groups excluding carboxylic acids is 2. The van der Waals surface area contributed by atoms with Gasteiger partial charge in [-0.2, -0.15) is 0 Å². The lowest BCUT2D eigenvalue weighted by Crippen LogP contribution is -2.41. The van der Waals surface area contributed by atoms with Gasteiger partial charge < -0.3 is 15.0 Å². The highest BCUT2D eigenvalue weighted by Gasteiger charge is 2.30. The Balaban J connectivity index is 1.64. The summed E-state index contributed by atoms with van der Waals surface area (Å²) in [6, 6.07) is 3.38. The number of pyridine rings is 1. The molecule has 1 aliphatic heterocycles. The van der Waals surface area contributed by atoms with Crippen LogP contribution >= 0.6 is 22.9 Å². The van der Waals surface area contributed by atoms with Gasteiger partial charge in [0.05, 0.1) is 26.2 Å². The second-order valence-corrected chi connectivity index (χ2v) is 8.46. The van der Waals surface area contributed by atoms with Crippen LogP contribution in [0, 0.1) is 0 Å². The third kappa shape index (κ3) is 4.22. The van der Waals surface area contributed by atoms with Crippen molar-refractivity contribution in [2.45, 2.75) is 38.8 Å². The van der Waals surface area contributed by atoms with Gasteiger partial charge in [-0.05, 0) is 39.3 Å². The second kappa shape index (κ2) is 6.80. The molecule has 134 valence electrons. The molecule has 25 heavy (non-hydrogen) atoms. The van der Waals surface area contributed by atoms with E-state index < -0.39 is 11.7 Å². The van der Waals surface area contributed by atoms with Crippen LogP contribution in [-0.2, 0) is 4.74 Å². The van der Waals surface area contributed by atoms with Crippen molar-refractivity contribution in [3.8, 4) is 0 Å². The van der Waals surface area contributed by atoms with Crippen LogP contribution in [0.1, 0.15) is 36.9 Å². The third-order valence-electron chi connectivity index (χ3n) is 3.77. The molecule has 1 atom stereocenters. The number of nitrogens with zero attached hydrogens (tertiary/aromatic N) is 2. The van der Waals surface area contributed by atoms with E-state index >= 15 is 0 Å². The number of alkyl carbamates (subject to hydrolysis) is 1. The molecule has 1 aliphatic rings.